The highest BCUT2D eigenvalue weighted by atomic mass is 79.9. The summed E-state index contributed by atoms with van der Waals surface area (Å²) in [6, 6.07) is 0. The van der Waals surface area contributed by atoms with E-state index in [4.69, 9.17) is 4.74 Å². The average molecular weight is 319 g/mol. The molecule has 0 atom stereocenters. The Morgan fingerprint density at radius 3 is 1.89 bits per heavy atom. The van der Waals surface area contributed by atoms with E-state index in [2.05, 4.69) is 15.9 Å². The summed E-state index contributed by atoms with van der Waals surface area (Å²) < 4.78 is 6.00. The minimum atomic E-state index is 0.589. The molecule has 1 aliphatic carbocycles. The third-order valence-electron chi connectivity index (χ3n) is 3.93. The highest BCUT2D eigenvalue weighted by Gasteiger charge is 2.11. The fourth-order valence-electron chi connectivity index (χ4n) is 2.74. The van der Waals surface area contributed by atoms with Gasteiger partial charge >= 0.3 is 0 Å². The summed E-state index contributed by atoms with van der Waals surface area (Å²) in [5.41, 5.74) is 0. The second-order valence-corrected chi connectivity index (χ2v) is 6.44. The van der Waals surface area contributed by atoms with Crippen molar-refractivity contribution in [3.05, 3.63) is 0 Å². The van der Waals surface area contributed by atoms with Gasteiger partial charge in [0.05, 0.1) is 6.10 Å². The van der Waals surface area contributed by atoms with Crippen molar-refractivity contribution in [2.24, 2.45) is 0 Å². The molecule has 0 heterocycles. The van der Waals surface area contributed by atoms with Gasteiger partial charge in [0.2, 0.25) is 0 Å². The van der Waals surface area contributed by atoms with Crippen molar-refractivity contribution >= 4 is 15.9 Å². The van der Waals surface area contributed by atoms with E-state index in [1.54, 1.807) is 0 Å². The maximum absolute atomic E-state index is 6.00. The van der Waals surface area contributed by atoms with Crippen molar-refractivity contribution in [3.63, 3.8) is 0 Å². The monoisotopic (exact) mass is 318 g/mol. The smallest absolute Gasteiger partial charge is 0.0575 e. The highest BCUT2D eigenvalue weighted by Crippen LogP contribution is 2.20. The van der Waals surface area contributed by atoms with Crippen molar-refractivity contribution in [1.82, 2.24) is 0 Å². The van der Waals surface area contributed by atoms with Gasteiger partial charge in [-0.1, -0.05) is 73.7 Å². The Bertz CT molecular complexity index is 164. The van der Waals surface area contributed by atoms with Gasteiger partial charge in [0.1, 0.15) is 0 Å². The zero-order valence-electron chi connectivity index (χ0n) is 12.0. The fourth-order valence-corrected chi connectivity index (χ4v) is 3.14. The first-order chi connectivity index (χ1) is 8.93. The molecule has 1 aliphatic rings. The number of ether oxygens (including phenoxy) is 1. The lowest BCUT2D eigenvalue weighted by Crippen LogP contribution is -2.12. The molecule has 0 aromatic carbocycles. The molecule has 1 nitrogen and oxygen atoms in total. The molecule has 18 heavy (non-hydrogen) atoms. The Kier molecular flexibility index (Phi) is 11.4. The topological polar surface area (TPSA) is 9.23 Å². The first-order valence-electron chi connectivity index (χ1n) is 8.11. The quantitative estimate of drug-likeness (QED) is 0.279. The maximum atomic E-state index is 6.00. The summed E-state index contributed by atoms with van der Waals surface area (Å²) in [5, 5.41) is 1.17. The van der Waals surface area contributed by atoms with E-state index in [9.17, 15) is 0 Å². The first kappa shape index (κ1) is 16.5. The zero-order valence-corrected chi connectivity index (χ0v) is 13.6. The highest BCUT2D eigenvalue weighted by molar-refractivity contribution is 9.09. The summed E-state index contributed by atoms with van der Waals surface area (Å²) in [4.78, 5) is 0. The van der Waals surface area contributed by atoms with Crippen LogP contribution in [0.2, 0.25) is 0 Å². The molecule has 0 saturated heterocycles. The van der Waals surface area contributed by atoms with E-state index in [1.807, 2.05) is 0 Å². The molecule has 0 unspecified atom stereocenters. The molecule has 0 aromatic heterocycles. The summed E-state index contributed by atoms with van der Waals surface area (Å²) >= 11 is 3.48. The van der Waals surface area contributed by atoms with Crippen LogP contribution in [-0.4, -0.2) is 18.0 Å². The molecule has 0 radical (unpaired) electrons. The molecule has 2 heteroatoms. The number of rotatable bonds is 10. The van der Waals surface area contributed by atoms with E-state index in [-0.39, 0.29) is 0 Å². The van der Waals surface area contributed by atoms with Crippen LogP contribution in [0.1, 0.15) is 83.5 Å². The van der Waals surface area contributed by atoms with Crippen molar-refractivity contribution in [2.75, 3.05) is 11.9 Å². The van der Waals surface area contributed by atoms with E-state index in [0.717, 1.165) is 6.61 Å². The van der Waals surface area contributed by atoms with Crippen LogP contribution < -0.4 is 0 Å². The third kappa shape index (κ3) is 9.38. The molecule has 0 amide bonds. The lowest BCUT2D eigenvalue weighted by Gasteiger charge is -2.15. The Labute approximate surface area is 122 Å². The van der Waals surface area contributed by atoms with Crippen molar-refractivity contribution in [3.8, 4) is 0 Å². The molecular formula is C16H31BrO. The van der Waals surface area contributed by atoms with Gasteiger partial charge in [-0.25, -0.2) is 0 Å². The van der Waals surface area contributed by atoms with Gasteiger partial charge in [-0.05, 0) is 25.7 Å². The van der Waals surface area contributed by atoms with E-state index in [0.29, 0.717) is 6.10 Å². The Morgan fingerprint density at radius 1 is 0.722 bits per heavy atom. The molecule has 0 bridgehead atoms. The van der Waals surface area contributed by atoms with Gasteiger partial charge in [0.25, 0.3) is 0 Å². The van der Waals surface area contributed by atoms with Gasteiger partial charge in [0.15, 0.2) is 0 Å². The summed E-state index contributed by atoms with van der Waals surface area (Å²) in [5.74, 6) is 0. The van der Waals surface area contributed by atoms with Crippen LogP contribution in [0.3, 0.4) is 0 Å². The largest absolute Gasteiger partial charge is 0.378 e. The lowest BCUT2D eigenvalue weighted by atomic mass is 10.1. The van der Waals surface area contributed by atoms with Crippen molar-refractivity contribution < 1.29 is 4.74 Å². The molecule has 0 aliphatic heterocycles. The van der Waals surface area contributed by atoms with Gasteiger partial charge < -0.3 is 4.74 Å². The molecule has 0 N–H and O–H groups in total. The minimum Gasteiger partial charge on any atom is -0.378 e. The number of hydrogen-bond acceptors (Lipinski definition) is 1. The number of unbranched alkanes of at least 4 members (excludes halogenated alkanes) is 6. The van der Waals surface area contributed by atoms with Crippen LogP contribution in [0.4, 0.5) is 0 Å². The van der Waals surface area contributed by atoms with Crippen molar-refractivity contribution in [2.45, 2.75) is 89.6 Å². The lowest BCUT2D eigenvalue weighted by molar-refractivity contribution is 0.0407. The van der Waals surface area contributed by atoms with Crippen LogP contribution >= 0.6 is 15.9 Å². The van der Waals surface area contributed by atoms with Crippen LogP contribution in [0, 0.1) is 0 Å². The first-order valence-corrected chi connectivity index (χ1v) is 9.23. The average Bonchev–Trinajstić information content (AvgIpc) is 2.65. The molecule has 0 aromatic rings. The molecule has 1 rings (SSSR count). The van der Waals surface area contributed by atoms with E-state index < -0.39 is 0 Å². The Morgan fingerprint density at radius 2 is 1.28 bits per heavy atom. The predicted octanol–water partition coefficient (Wildman–Crippen LogP) is 5.85. The van der Waals surface area contributed by atoms with Crippen LogP contribution in [0.5, 0.6) is 0 Å². The second kappa shape index (κ2) is 12.5. The third-order valence-corrected chi connectivity index (χ3v) is 4.49. The van der Waals surface area contributed by atoms with Gasteiger partial charge in [0, 0.05) is 11.9 Å². The molecule has 1 fully saturated rings. The summed E-state index contributed by atoms with van der Waals surface area (Å²) in [6.07, 6.45) is 18.4. The normalized spacial score (nSPS) is 17.8. The number of halogens is 1. The fraction of sp³-hybridized carbons (Fsp3) is 1.00. The van der Waals surface area contributed by atoms with Crippen LogP contribution in [0.25, 0.3) is 0 Å². The Hall–Kier alpha value is 0.440. The van der Waals surface area contributed by atoms with Crippen LogP contribution in [-0.2, 0) is 4.74 Å². The standard InChI is InChI=1S/C16H31BrO/c17-14-10-6-2-1-3-7-11-15-18-16-12-8-4-5-9-13-16/h16H,1-15H2. The molecule has 108 valence electrons. The predicted molar refractivity (Wildman–Crippen MR) is 83.6 cm³/mol. The van der Waals surface area contributed by atoms with Crippen molar-refractivity contribution in [1.29, 1.82) is 0 Å². The number of hydrogen-bond donors (Lipinski definition) is 0. The van der Waals surface area contributed by atoms with E-state index in [1.165, 1.54) is 88.8 Å². The summed E-state index contributed by atoms with van der Waals surface area (Å²) in [6.45, 7) is 1.01. The minimum absolute atomic E-state index is 0.589. The van der Waals surface area contributed by atoms with Gasteiger partial charge in [-0.2, -0.15) is 0 Å². The molecular weight excluding hydrogens is 288 g/mol. The van der Waals surface area contributed by atoms with Gasteiger partial charge in [-0.3, -0.25) is 0 Å². The molecule has 0 spiro atoms. The van der Waals surface area contributed by atoms with Crippen LogP contribution in [0.15, 0.2) is 0 Å². The Balaban J connectivity index is 1.80. The van der Waals surface area contributed by atoms with Gasteiger partial charge in [-0.15, -0.1) is 0 Å². The molecule has 1 saturated carbocycles. The van der Waals surface area contributed by atoms with E-state index >= 15 is 0 Å². The summed E-state index contributed by atoms with van der Waals surface area (Å²) in [7, 11) is 0. The second-order valence-electron chi connectivity index (χ2n) is 5.65. The number of alkyl halides is 1. The zero-order chi connectivity index (χ0) is 12.9. The maximum Gasteiger partial charge on any atom is 0.0575 e. The SMILES string of the molecule is BrCCCCCCCCCOC1CCCCCC1.